The molecule has 0 aliphatic carbocycles. The van der Waals surface area contributed by atoms with Gasteiger partial charge in [-0.25, -0.2) is 9.97 Å². The van der Waals surface area contributed by atoms with Crippen LogP contribution in [-0.2, 0) is 19.6 Å². The number of aliphatic imine (C=N–C) groups is 1. The Kier molecular flexibility index (Phi) is 8.91. The molecular formula is C20H27IN6S. The average Bonchev–Trinajstić information content (AvgIpc) is 3.35. The van der Waals surface area contributed by atoms with Crippen LogP contribution in [0, 0.1) is 0 Å². The second-order valence-corrected chi connectivity index (χ2v) is 7.59. The molecule has 0 fully saturated rings. The molecule has 0 radical (unpaired) electrons. The zero-order valence-corrected chi connectivity index (χ0v) is 19.6. The van der Waals surface area contributed by atoms with Gasteiger partial charge in [-0.1, -0.05) is 38.1 Å². The molecule has 8 heteroatoms. The Morgan fingerprint density at radius 2 is 1.86 bits per heavy atom. The summed E-state index contributed by atoms with van der Waals surface area (Å²) in [6.45, 7) is 6.56. The first-order valence-electron chi connectivity index (χ1n) is 9.06. The maximum atomic E-state index is 4.64. The average molecular weight is 510 g/mol. The lowest BCUT2D eigenvalue weighted by Gasteiger charge is -2.11. The molecule has 2 heterocycles. The summed E-state index contributed by atoms with van der Waals surface area (Å²) >= 11 is 1.68. The Balaban J connectivity index is 0.00000280. The number of benzene rings is 1. The predicted octanol–water partition coefficient (Wildman–Crippen LogP) is 3.99. The molecule has 0 saturated heterocycles. The summed E-state index contributed by atoms with van der Waals surface area (Å²) in [5.41, 5.74) is 3.61. The third kappa shape index (κ3) is 6.59. The quantitative estimate of drug-likeness (QED) is 0.287. The van der Waals surface area contributed by atoms with E-state index in [1.807, 2.05) is 12.5 Å². The fourth-order valence-electron chi connectivity index (χ4n) is 2.59. The molecule has 0 bridgehead atoms. The van der Waals surface area contributed by atoms with Crippen LogP contribution in [0.15, 0.2) is 53.4 Å². The highest BCUT2D eigenvalue weighted by Gasteiger charge is 2.06. The van der Waals surface area contributed by atoms with E-state index in [9.17, 15) is 0 Å². The summed E-state index contributed by atoms with van der Waals surface area (Å²) in [5.74, 6) is 1.24. The molecule has 1 aromatic carbocycles. The Morgan fingerprint density at radius 3 is 2.46 bits per heavy atom. The molecule has 3 rings (SSSR count). The van der Waals surface area contributed by atoms with Crippen LogP contribution in [0.1, 0.15) is 41.6 Å². The first-order chi connectivity index (χ1) is 13.1. The molecule has 0 saturated carbocycles. The van der Waals surface area contributed by atoms with Crippen LogP contribution in [0.2, 0.25) is 0 Å². The first kappa shape index (κ1) is 22.4. The fourth-order valence-corrected chi connectivity index (χ4v) is 3.49. The highest BCUT2D eigenvalue weighted by atomic mass is 127. The summed E-state index contributed by atoms with van der Waals surface area (Å²) in [7, 11) is 1.78. The van der Waals surface area contributed by atoms with Crippen LogP contribution in [0.25, 0.3) is 0 Å². The zero-order valence-electron chi connectivity index (χ0n) is 16.4. The van der Waals surface area contributed by atoms with E-state index in [-0.39, 0.29) is 24.0 Å². The van der Waals surface area contributed by atoms with Gasteiger partial charge in [0.2, 0.25) is 0 Å². The molecular weight excluding hydrogens is 483 g/mol. The van der Waals surface area contributed by atoms with Crippen molar-refractivity contribution in [3.63, 3.8) is 0 Å². The van der Waals surface area contributed by atoms with Gasteiger partial charge in [0, 0.05) is 37.9 Å². The van der Waals surface area contributed by atoms with Gasteiger partial charge in [0.1, 0.15) is 5.01 Å². The van der Waals surface area contributed by atoms with Crippen LogP contribution in [0.5, 0.6) is 0 Å². The van der Waals surface area contributed by atoms with Crippen LogP contribution >= 0.6 is 35.3 Å². The van der Waals surface area contributed by atoms with Crippen molar-refractivity contribution in [2.75, 3.05) is 7.05 Å². The number of hydrogen-bond donors (Lipinski definition) is 2. The molecule has 0 aliphatic heterocycles. The standard InChI is InChI=1S/C20H26N6S.HI/c1-15(2)18-13-27-19(25-18)11-24-20(21-3)23-10-16-4-6-17(7-5-16)12-26-9-8-22-14-26;/h4-9,13-15H,10-12H2,1-3H3,(H2,21,23,24);1H. The van der Waals surface area contributed by atoms with Crippen molar-refractivity contribution in [2.24, 2.45) is 4.99 Å². The minimum Gasteiger partial charge on any atom is -0.352 e. The molecule has 0 unspecified atom stereocenters. The van der Waals surface area contributed by atoms with Crippen LogP contribution in [0.4, 0.5) is 0 Å². The SMILES string of the molecule is CN=C(NCc1ccc(Cn2ccnc2)cc1)NCc1nc(C(C)C)cs1.I. The van der Waals surface area contributed by atoms with Crippen LogP contribution < -0.4 is 10.6 Å². The second-order valence-electron chi connectivity index (χ2n) is 6.65. The molecule has 150 valence electrons. The number of rotatable bonds is 7. The van der Waals surface area contributed by atoms with Gasteiger partial charge in [-0.3, -0.25) is 4.99 Å². The van der Waals surface area contributed by atoms with Crippen molar-refractivity contribution in [3.8, 4) is 0 Å². The topological polar surface area (TPSA) is 67.1 Å². The third-order valence-electron chi connectivity index (χ3n) is 4.20. The number of nitrogens with one attached hydrogen (secondary N) is 2. The van der Waals surface area contributed by atoms with E-state index in [0.29, 0.717) is 12.5 Å². The van der Waals surface area contributed by atoms with Crippen molar-refractivity contribution < 1.29 is 0 Å². The number of aromatic nitrogens is 3. The minimum absolute atomic E-state index is 0. The molecule has 0 atom stereocenters. The summed E-state index contributed by atoms with van der Waals surface area (Å²) in [5, 5.41) is 9.88. The molecule has 28 heavy (non-hydrogen) atoms. The largest absolute Gasteiger partial charge is 0.352 e. The predicted molar refractivity (Wildman–Crippen MR) is 126 cm³/mol. The number of imidazole rings is 1. The van der Waals surface area contributed by atoms with Gasteiger partial charge in [0.25, 0.3) is 0 Å². The maximum absolute atomic E-state index is 4.64. The summed E-state index contributed by atoms with van der Waals surface area (Å²) < 4.78 is 2.06. The first-order valence-corrected chi connectivity index (χ1v) is 9.94. The van der Waals surface area contributed by atoms with Crippen molar-refractivity contribution >= 4 is 41.3 Å². The minimum atomic E-state index is 0. The van der Waals surface area contributed by atoms with E-state index in [2.05, 4.69) is 73.7 Å². The Bertz CT molecular complexity index is 855. The van der Waals surface area contributed by atoms with Crippen LogP contribution in [-0.4, -0.2) is 27.5 Å². The molecule has 0 spiro atoms. The van der Waals surface area contributed by atoms with Gasteiger partial charge in [0.15, 0.2) is 5.96 Å². The Morgan fingerprint density at radius 1 is 1.14 bits per heavy atom. The van der Waals surface area contributed by atoms with E-state index < -0.39 is 0 Å². The summed E-state index contributed by atoms with van der Waals surface area (Å²) in [6, 6.07) is 8.58. The summed E-state index contributed by atoms with van der Waals surface area (Å²) in [6.07, 6.45) is 5.60. The molecule has 6 nitrogen and oxygen atoms in total. The number of guanidine groups is 1. The fraction of sp³-hybridized carbons (Fsp3) is 0.350. The maximum Gasteiger partial charge on any atom is 0.191 e. The lowest BCUT2D eigenvalue weighted by molar-refractivity contribution is 0.782. The number of halogens is 1. The molecule has 0 amide bonds. The highest BCUT2D eigenvalue weighted by molar-refractivity contribution is 14.0. The van der Waals surface area contributed by atoms with Crippen LogP contribution in [0.3, 0.4) is 0 Å². The lowest BCUT2D eigenvalue weighted by atomic mass is 10.1. The van der Waals surface area contributed by atoms with E-state index in [1.54, 1.807) is 24.6 Å². The van der Waals surface area contributed by atoms with Gasteiger partial charge in [-0.15, -0.1) is 35.3 Å². The molecule has 0 aliphatic rings. The van der Waals surface area contributed by atoms with E-state index in [0.717, 1.165) is 29.8 Å². The smallest absolute Gasteiger partial charge is 0.191 e. The second kappa shape index (κ2) is 11.2. The number of thiazole rings is 1. The highest BCUT2D eigenvalue weighted by Crippen LogP contribution is 2.17. The normalized spacial score (nSPS) is 11.4. The van der Waals surface area contributed by atoms with Gasteiger partial charge in [-0.05, 0) is 17.0 Å². The molecule has 3 aromatic rings. The monoisotopic (exact) mass is 510 g/mol. The van der Waals surface area contributed by atoms with Crippen molar-refractivity contribution in [3.05, 3.63) is 70.2 Å². The van der Waals surface area contributed by atoms with E-state index in [1.165, 1.54) is 11.1 Å². The van der Waals surface area contributed by atoms with Crippen molar-refractivity contribution in [1.82, 2.24) is 25.2 Å². The van der Waals surface area contributed by atoms with Gasteiger partial charge in [-0.2, -0.15) is 0 Å². The van der Waals surface area contributed by atoms with Gasteiger partial charge in [0.05, 0.1) is 18.6 Å². The van der Waals surface area contributed by atoms with E-state index >= 15 is 0 Å². The number of nitrogens with zero attached hydrogens (tertiary/aromatic N) is 4. The van der Waals surface area contributed by atoms with Gasteiger partial charge >= 0.3 is 0 Å². The Labute approximate surface area is 187 Å². The van der Waals surface area contributed by atoms with Crippen molar-refractivity contribution in [1.29, 1.82) is 0 Å². The van der Waals surface area contributed by atoms with Crippen molar-refractivity contribution in [2.45, 2.75) is 39.4 Å². The third-order valence-corrected chi connectivity index (χ3v) is 5.07. The lowest BCUT2D eigenvalue weighted by Crippen LogP contribution is -2.36. The zero-order chi connectivity index (χ0) is 19.1. The number of hydrogen-bond acceptors (Lipinski definition) is 4. The Hall–Kier alpha value is -1.94. The summed E-state index contributed by atoms with van der Waals surface area (Å²) in [4.78, 5) is 13.0. The van der Waals surface area contributed by atoms with Gasteiger partial charge < -0.3 is 15.2 Å². The molecule has 2 N–H and O–H groups in total. The molecule has 2 aromatic heterocycles. The van der Waals surface area contributed by atoms with E-state index in [4.69, 9.17) is 0 Å².